The van der Waals surface area contributed by atoms with Gasteiger partial charge in [-0.05, 0) is 42.9 Å². The fraction of sp³-hybridized carbons (Fsp3) is 0.611. The van der Waals surface area contributed by atoms with Gasteiger partial charge in [0.15, 0.2) is 5.79 Å². The van der Waals surface area contributed by atoms with Crippen molar-refractivity contribution in [1.82, 2.24) is 10.6 Å². The molecule has 3 rings (SSSR count). The molecule has 132 valence electrons. The van der Waals surface area contributed by atoms with Gasteiger partial charge in [0.25, 0.3) is 0 Å². The van der Waals surface area contributed by atoms with Crippen LogP contribution in [-0.4, -0.2) is 31.6 Å². The number of benzene rings is 1. The minimum absolute atomic E-state index is 0.120. The zero-order chi connectivity index (χ0) is 17.2. The van der Waals surface area contributed by atoms with Gasteiger partial charge in [-0.15, -0.1) is 0 Å². The predicted molar refractivity (Wildman–Crippen MR) is 88.1 cm³/mol. The number of ether oxygens (including phenoxy) is 2. The van der Waals surface area contributed by atoms with Crippen LogP contribution in [0.2, 0.25) is 0 Å². The van der Waals surface area contributed by atoms with Crippen LogP contribution >= 0.6 is 0 Å². The van der Waals surface area contributed by atoms with Crippen molar-refractivity contribution in [3.05, 3.63) is 35.1 Å². The van der Waals surface area contributed by atoms with E-state index in [9.17, 15) is 9.18 Å². The first-order chi connectivity index (χ1) is 11.5. The first kappa shape index (κ1) is 17.2. The minimum atomic E-state index is -0.542. The average Bonchev–Trinajstić information content (AvgIpc) is 3.13. The van der Waals surface area contributed by atoms with Gasteiger partial charge in [-0.3, -0.25) is 0 Å². The number of fused-ring (bicyclic) bond motifs is 1. The van der Waals surface area contributed by atoms with Crippen LogP contribution in [0.1, 0.15) is 43.9 Å². The molecule has 5 nitrogen and oxygen atoms in total. The molecule has 0 radical (unpaired) electrons. The van der Waals surface area contributed by atoms with Crippen LogP contribution in [-0.2, 0) is 15.9 Å². The molecule has 2 N–H and O–H groups in total. The number of nitrogens with one attached hydrogen (secondary N) is 2. The van der Waals surface area contributed by atoms with E-state index < -0.39 is 5.79 Å². The summed E-state index contributed by atoms with van der Waals surface area (Å²) >= 11 is 0. The van der Waals surface area contributed by atoms with Gasteiger partial charge in [0.1, 0.15) is 5.82 Å². The number of carbonyl (C=O) groups is 1. The Bertz CT molecular complexity index is 602. The van der Waals surface area contributed by atoms with Gasteiger partial charge >= 0.3 is 6.03 Å². The van der Waals surface area contributed by atoms with E-state index in [1.54, 1.807) is 6.07 Å². The van der Waals surface area contributed by atoms with E-state index in [4.69, 9.17) is 9.47 Å². The molecule has 1 saturated heterocycles. The van der Waals surface area contributed by atoms with Gasteiger partial charge in [0, 0.05) is 13.0 Å². The Hall–Kier alpha value is -1.66. The number of carbonyl (C=O) groups excluding carboxylic acids is 1. The zero-order valence-corrected chi connectivity index (χ0v) is 14.2. The van der Waals surface area contributed by atoms with Gasteiger partial charge in [-0.25, -0.2) is 9.18 Å². The van der Waals surface area contributed by atoms with Gasteiger partial charge in [0.2, 0.25) is 0 Å². The highest BCUT2D eigenvalue weighted by atomic mass is 19.1. The van der Waals surface area contributed by atoms with Gasteiger partial charge in [-0.2, -0.15) is 0 Å². The Morgan fingerprint density at radius 1 is 1.42 bits per heavy atom. The summed E-state index contributed by atoms with van der Waals surface area (Å²) in [6.45, 7) is 5.76. The molecular formula is C18H25FN2O3. The highest BCUT2D eigenvalue weighted by molar-refractivity contribution is 5.74. The van der Waals surface area contributed by atoms with E-state index in [1.807, 2.05) is 13.0 Å². The van der Waals surface area contributed by atoms with Crippen molar-refractivity contribution in [2.75, 3.05) is 19.8 Å². The second-order valence-electron chi connectivity index (χ2n) is 6.89. The molecule has 2 amide bonds. The topological polar surface area (TPSA) is 59.6 Å². The molecule has 24 heavy (non-hydrogen) atoms. The fourth-order valence-electron chi connectivity index (χ4n) is 3.62. The third kappa shape index (κ3) is 3.87. The normalized spacial score (nSPS) is 22.9. The van der Waals surface area contributed by atoms with Gasteiger partial charge < -0.3 is 20.1 Å². The molecule has 0 bridgehead atoms. The monoisotopic (exact) mass is 336 g/mol. The van der Waals surface area contributed by atoms with Crippen molar-refractivity contribution in [1.29, 1.82) is 0 Å². The van der Waals surface area contributed by atoms with E-state index in [0.29, 0.717) is 26.2 Å². The highest BCUT2D eigenvalue weighted by Gasteiger charge is 2.32. The van der Waals surface area contributed by atoms with Crippen LogP contribution in [0.3, 0.4) is 0 Å². The summed E-state index contributed by atoms with van der Waals surface area (Å²) in [6.07, 6.45) is 2.13. The van der Waals surface area contributed by atoms with Crippen molar-refractivity contribution in [2.45, 2.75) is 44.9 Å². The van der Waals surface area contributed by atoms with Crippen molar-refractivity contribution in [2.24, 2.45) is 5.92 Å². The lowest BCUT2D eigenvalue weighted by atomic mass is 10.0. The maximum Gasteiger partial charge on any atom is 0.315 e. The number of halogens is 1. The molecule has 1 aliphatic carbocycles. The quantitative estimate of drug-likeness (QED) is 0.869. The van der Waals surface area contributed by atoms with Crippen LogP contribution in [0.4, 0.5) is 9.18 Å². The summed E-state index contributed by atoms with van der Waals surface area (Å²) in [6, 6.07) is 4.70. The molecule has 2 aliphatic rings. The molecule has 1 aliphatic heterocycles. The van der Waals surface area contributed by atoms with E-state index in [1.165, 1.54) is 6.07 Å². The maximum absolute atomic E-state index is 13.7. The molecule has 0 aromatic heterocycles. The third-order valence-corrected chi connectivity index (χ3v) is 4.75. The average molecular weight is 336 g/mol. The molecule has 0 unspecified atom stereocenters. The first-order valence-electron chi connectivity index (χ1n) is 8.56. The lowest BCUT2D eigenvalue weighted by Crippen LogP contribution is -2.40. The highest BCUT2D eigenvalue weighted by Crippen LogP contribution is 2.32. The summed E-state index contributed by atoms with van der Waals surface area (Å²) in [4.78, 5) is 12.1. The molecular weight excluding hydrogens is 311 g/mol. The van der Waals surface area contributed by atoms with E-state index in [0.717, 1.165) is 24.0 Å². The Kier molecular flexibility index (Phi) is 5.06. The Morgan fingerprint density at radius 2 is 2.17 bits per heavy atom. The number of hydrogen-bond acceptors (Lipinski definition) is 3. The number of rotatable bonds is 5. The molecule has 1 aromatic rings. The number of hydrogen-bond donors (Lipinski definition) is 2. The predicted octanol–water partition coefficient (Wildman–Crippen LogP) is 2.90. The lowest BCUT2D eigenvalue weighted by molar-refractivity contribution is -0.153. The summed E-state index contributed by atoms with van der Waals surface area (Å²) in [5.41, 5.74) is 1.61. The van der Waals surface area contributed by atoms with E-state index in [-0.39, 0.29) is 23.8 Å². The molecule has 1 fully saturated rings. The van der Waals surface area contributed by atoms with Gasteiger partial charge in [-0.1, -0.05) is 19.1 Å². The smallest absolute Gasteiger partial charge is 0.315 e. The summed E-state index contributed by atoms with van der Waals surface area (Å²) in [5.74, 6) is -0.498. The van der Waals surface area contributed by atoms with Crippen LogP contribution in [0, 0.1) is 11.7 Å². The van der Waals surface area contributed by atoms with E-state index in [2.05, 4.69) is 17.6 Å². The first-order valence-corrected chi connectivity index (χ1v) is 8.56. The van der Waals surface area contributed by atoms with Crippen LogP contribution < -0.4 is 10.6 Å². The Balaban J connectivity index is 1.46. The molecule has 6 heteroatoms. The second kappa shape index (κ2) is 7.07. The van der Waals surface area contributed by atoms with Crippen LogP contribution in [0.5, 0.6) is 0 Å². The Labute approximate surface area is 141 Å². The van der Waals surface area contributed by atoms with Crippen molar-refractivity contribution < 1.29 is 18.7 Å². The molecule has 1 aromatic carbocycles. The van der Waals surface area contributed by atoms with Crippen LogP contribution in [0.15, 0.2) is 18.2 Å². The third-order valence-electron chi connectivity index (χ3n) is 4.75. The van der Waals surface area contributed by atoms with Gasteiger partial charge in [0.05, 0.1) is 19.3 Å². The molecule has 2 atom stereocenters. The molecule has 0 spiro atoms. The minimum Gasteiger partial charge on any atom is -0.348 e. The van der Waals surface area contributed by atoms with E-state index >= 15 is 0 Å². The second-order valence-corrected chi connectivity index (χ2v) is 6.89. The number of urea groups is 1. The summed E-state index contributed by atoms with van der Waals surface area (Å²) in [5, 5.41) is 5.83. The fourth-order valence-corrected chi connectivity index (χ4v) is 3.62. The summed E-state index contributed by atoms with van der Waals surface area (Å²) in [7, 11) is 0. The SMILES string of the molecule is C[C@@H](CNC(=O)N[C@H]1CCc2c(F)cccc21)CC1(C)OCCO1. The largest absolute Gasteiger partial charge is 0.348 e. The number of amides is 2. The zero-order valence-electron chi connectivity index (χ0n) is 14.2. The maximum atomic E-state index is 13.7. The molecule has 0 saturated carbocycles. The van der Waals surface area contributed by atoms with Crippen molar-refractivity contribution >= 4 is 6.03 Å². The lowest BCUT2D eigenvalue weighted by Gasteiger charge is -2.26. The Morgan fingerprint density at radius 3 is 2.92 bits per heavy atom. The van der Waals surface area contributed by atoms with Crippen molar-refractivity contribution in [3.63, 3.8) is 0 Å². The standard InChI is InChI=1S/C18H25FN2O3/c1-12(10-18(2)23-8-9-24-18)11-20-17(22)21-16-7-6-13-14(16)4-3-5-15(13)19/h3-5,12,16H,6-11H2,1-2H3,(H2,20,21,22)/t12-,16+/m1/s1. The van der Waals surface area contributed by atoms with Crippen LogP contribution in [0.25, 0.3) is 0 Å². The summed E-state index contributed by atoms with van der Waals surface area (Å²) < 4.78 is 24.9. The molecule has 1 heterocycles. The van der Waals surface area contributed by atoms with Crippen molar-refractivity contribution in [3.8, 4) is 0 Å².